The summed E-state index contributed by atoms with van der Waals surface area (Å²) in [7, 11) is 0. The highest BCUT2D eigenvalue weighted by molar-refractivity contribution is 5.04. The third-order valence-electron chi connectivity index (χ3n) is 3.70. The van der Waals surface area contributed by atoms with Crippen molar-refractivity contribution < 1.29 is 0 Å². The van der Waals surface area contributed by atoms with E-state index in [9.17, 15) is 0 Å². The van der Waals surface area contributed by atoms with E-state index in [4.69, 9.17) is 0 Å². The summed E-state index contributed by atoms with van der Waals surface area (Å²) in [5.74, 6) is 1.86. The first kappa shape index (κ1) is 12.8. The van der Waals surface area contributed by atoms with Gasteiger partial charge in [-0.05, 0) is 51.1 Å². The van der Waals surface area contributed by atoms with Crippen molar-refractivity contribution in [3.63, 3.8) is 0 Å². The van der Waals surface area contributed by atoms with Crippen LogP contribution in [0.3, 0.4) is 0 Å². The normalized spacial score (nSPS) is 28.1. The van der Waals surface area contributed by atoms with E-state index in [1.165, 1.54) is 32.1 Å². The van der Waals surface area contributed by atoms with E-state index in [0.717, 1.165) is 24.9 Å². The maximum Gasteiger partial charge on any atom is -0.00143 e. The Balaban J connectivity index is 2.23. The van der Waals surface area contributed by atoms with E-state index in [0.29, 0.717) is 0 Å². The fraction of sp³-hybridized carbons (Fsp3) is 0.857. The highest BCUT2D eigenvalue weighted by Gasteiger charge is 2.18. The van der Waals surface area contributed by atoms with Crippen molar-refractivity contribution in [1.29, 1.82) is 0 Å². The van der Waals surface area contributed by atoms with Crippen molar-refractivity contribution in [3.8, 4) is 0 Å². The Labute approximate surface area is 95.3 Å². The molecule has 1 heteroatoms. The molecule has 1 fully saturated rings. The van der Waals surface area contributed by atoms with Crippen LogP contribution >= 0.6 is 0 Å². The third kappa shape index (κ3) is 4.83. The summed E-state index contributed by atoms with van der Waals surface area (Å²) in [5, 5.41) is 3.37. The molecule has 0 unspecified atom stereocenters. The maximum absolute atomic E-state index is 3.37. The Kier molecular flexibility index (Phi) is 6.00. The maximum atomic E-state index is 3.37. The fourth-order valence-corrected chi connectivity index (χ4v) is 2.46. The van der Waals surface area contributed by atoms with Gasteiger partial charge in [0.1, 0.15) is 0 Å². The zero-order chi connectivity index (χ0) is 11.1. The van der Waals surface area contributed by atoms with Crippen LogP contribution in [0.15, 0.2) is 11.6 Å². The van der Waals surface area contributed by atoms with Gasteiger partial charge < -0.3 is 5.32 Å². The molecule has 0 aromatic heterocycles. The smallest absolute Gasteiger partial charge is 0.00143 e. The number of nitrogens with one attached hydrogen (secondary N) is 1. The minimum atomic E-state index is 0.892. The van der Waals surface area contributed by atoms with Crippen LogP contribution in [-0.2, 0) is 0 Å². The van der Waals surface area contributed by atoms with E-state index in [1.54, 1.807) is 5.57 Å². The molecule has 1 aliphatic rings. The topological polar surface area (TPSA) is 12.0 Å². The first-order chi connectivity index (χ1) is 7.24. The SMILES string of the molecule is CCNCCC=C(C)C1CCC(C)CC1. The number of hydrogen-bond donors (Lipinski definition) is 1. The lowest BCUT2D eigenvalue weighted by Gasteiger charge is -2.26. The van der Waals surface area contributed by atoms with Gasteiger partial charge in [0.05, 0.1) is 0 Å². The number of allylic oxidation sites excluding steroid dienone is 1. The Bertz CT molecular complexity index is 188. The lowest BCUT2D eigenvalue weighted by molar-refractivity contribution is 0.320. The van der Waals surface area contributed by atoms with Crippen molar-refractivity contribution in [2.45, 2.75) is 52.9 Å². The van der Waals surface area contributed by atoms with Crippen molar-refractivity contribution in [3.05, 3.63) is 11.6 Å². The molecule has 0 aromatic carbocycles. The third-order valence-corrected chi connectivity index (χ3v) is 3.70. The average Bonchev–Trinajstić information content (AvgIpc) is 2.25. The molecule has 0 saturated heterocycles. The van der Waals surface area contributed by atoms with Gasteiger partial charge in [0, 0.05) is 0 Å². The minimum absolute atomic E-state index is 0.892. The molecular weight excluding hydrogens is 182 g/mol. The van der Waals surface area contributed by atoms with Crippen molar-refractivity contribution in [1.82, 2.24) is 5.32 Å². The zero-order valence-electron chi connectivity index (χ0n) is 10.7. The van der Waals surface area contributed by atoms with E-state index >= 15 is 0 Å². The second-order valence-electron chi connectivity index (χ2n) is 5.05. The van der Waals surface area contributed by atoms with Gasteiger partial charge in [-0.15, -0.1) is 0 Å². The Hall–Kier alpha value is -0.300. The second kappa shape index (κ2) is 7.05. The molecule has 1 saturated carbocycles. The molecule has 15 heavy (non-hydrogen) atoms. The van der Waals surface area contributed by atoms with Crippen molar-refractivity contribution in [2.24, 2.45) is 11.8 Å². The van der Waals surface area contributed by atoms with Crippen LogP contribution in [0.2, 0.25) is 0 Å². The Morgan fingerprint density at radius 1 is 1.27 bits per heavy atom. The van der Waals surface area contributed by atoms with Crippen molar-refractivity contribution in [2.75, 3.05) is 13.1 Å². The molecule has 1 rings (SSSR count). The molecule has 1 aliphatic carbocycles. The fourth-order valence-electron chi connectivity index (χ4n) is 2.46. The first-order valence-electron chi connectivity index (χ1n) is 6.61. The number of hydrogen-bond acceptors (Lipinski definition) is 1. The van der Waals surface area contributed by atoms with Gasteiger partial charge in [-0.1, -0.05) is 38.3 Å². The quantitative estimate of drug-likeness (QED) is 0.537. The second-order valence-corrected chi connectivity index (χ2v) is 5.05. The van der Waals surface area contributed by atoms with E-state index in [-0.39, 0.29) is 0 Å². The van der Waals surface area contributed by atoms with Gasteiger partial charge in [0.2, 0.25) is 0 Å². The molecule has 1 N–H and O–H groups in total. The highest BCUT2D eigenvalue weighted by Crippen LogP contribution is 2.32. The molecule has 0 aliphatic heterocycles. The minimum Gasteiger partial charge on any atom is -0.317 e. The van der Waals surface area contributed by atoms with Gasteiger partial charge in [-0.3, -0.25) is 0 Å². The Morgan fingerprint density at radius 3 is 2.53 bits per heavy atom. The summed E-state index contributed by atoms with van der Waals surface area (Å²) in [6, 6.07) is 0. The molecule has 0 heterocycles. The van der Waals surface area contributed by atoms with E-state index < -0.39 is 0 Å². The van der Waals surface area contributed by atoms with Crippen LogP contribution in [-0.4, -0.2) is 13.1 Å². The Morgan fingerprint density at radius 2 is 1.93 bits per heavy atom. The molecular formula is C14H27N. The molecule has 0 bridgehead atoms. The first-order valence-corrected chi connectivity index (χ1v) is 6.61. The lowest BCUT2D eigenvalue weighted by atomic mass is 9.79. The average molecular weight is 209 g/mol. The predicted octanol–water partition coefficient (Wildman–Crippen LogP) is 3.76. The summed E-state index contributed by atoms with van der Waals surface area (Å²) in [5.41, 5.74) is 1.64. The lowest BCUT2D eigenvalue weighted by Crippen LogP contribution is -2.15. The summed E-state index contributed by atoms with van der Waals surface area (Å²) < 4.78 is 0. The van der Waals surface area contributed by atoms with Gasteiger partial charge in [0.25, 0.3) is 0 Å². The molecule has 1 nitrogen and oxygen atoms in total. The molecule has 0 atom stereocenters. The summed E-state index contributed by atoms with van der Waals surface area (Å²) in [6.45, 7) is 9.11. The zero-order valence-corrected chi connectivity index (χ0v) is 10.7. The molecule has 0 amide bonds. The molecule has 0 spiro atoms. The highest BCUT2D eigenvalue weighted by atomic mass is 14.8. The van der Waals surface area contributed by atoms with E-state index in [1.807, 2.05) is 0 Å². The number of rotatable bonds is 5. The predicted molar refractivity (Wildman–Crippen MR) is 68.0 cm³/mol. The molecule has 0 aromatic rings. The standard InChI is InChI=1S/C14H27N/c1-4-15-11-5-6-13(3)14-9-7-12(2)8-10-14/h6,12,14-15H,4-5,7-11H2,1-3H3. The van der Waals surface area contributed by atoms with Crippen LogP contribution in [0.25, 0.3) is 0 Å². The molecule has 0 radical (unpaired) electrons. The van der Waals surface area contributed by atoms with Gasteiger partial charge in [-0.2, -0.15) is 0 Å². The van der Waals surface area contributed by atoms with E-state index in [2.05, 4.69) is 32.2 Å². The van der Waals surface area contributed by atoms with Crippen LogP contribution in [0.4, 0.5) is 0 Å². The van der Waals surface area contributed by atoms with Crippen LogP contribution < -0.4 is 5.32 Å². The molecule has 88 valence electrons. The largest absolute Gasteiger partial charge is 0.317 e. The summed E-state index contributed by atoms with van der Waals surface area (Å²) >= 11 is 0. The van der Waals surface area contributed by atoms with Gasteiger partial charge in [0.15, 0.2) is 0 Å². The van der Waals surface area contributed by atoms with Gasteiger partial charge in [-0.25, -0.2) is 0 Å². The van der Waals surface area contributed by atoms with Gasteiger partial charge >= 0.3 is 0 Å². The summed E-state index contributed by atoms with van der Waals surface area (Å²) in [4.78, 5) is 0. The van der Waals surface area contributed by atoms with Crippen LogP contribution in [0, 0.1) is 11.8 Å². The van der Waals surface area contributed by atoms with Crippen molar-refractivity contribution >= 4 is 0 Å². The van der Waals surface area contributed by atoms with Crippen LogP contribution in [0.5, 0.6) is 0 Å². The monoisotopic (exact) mass is 209 g/mol. The summed E-state index contributed by atoms with van der Waals surface area (Å²) in [6.07, 6.45) is 9.36. The van der Waals surface area contributed by atoms with Crippen LogP contribution in [0.1, 0.15) is 52.9 Å².